The molecule has 3 rings (SSSR count). The number of allylic oxidation sites excluding steroid dienone is 1. The number of carbonyl (C=O) groups excluding carboxylic acids is 1. The standard InChI is InChI=1S/C22H22N2O3S/c1-4-9-16-12-15(13-18(27-3)20(16)25)14-19-21(26)24(5-2)22(28-19)23-17-10-7-6-8-11-17/h4,6-8,10-14,25H,1,5,9H2,2-3H3. The highest BCUT2D eigenvalue weighted by atomic mass is 32.2. The van der Waals surface area contributed by atoms with Crippen molar-refractivity contribution in [3.8, 4) is 11.5 Å². The lowest BCUT2D eigenvalue weighted by Crippen LogP contribution is -2.28. The van der Waals surface area contributed by atoms with Crippen LogP contribution in [0.4, 0.5) is 5.69 Å². The molecular weight excluding hydrogens is 372 g/mol. The third-order valence-electron chi connectivity index (χ3n) is 4.24. The summed E-state index contributed by atoms with van der Waals surface area (Å²) < 4.78 is 5.27. The van der Waals surface area contributed by atoms with E-state index in [9.17, 15) is 9.90 Å². The van der Waals surface area contributed by atoms with Crippen LogP contribution in [-0.4, -0.2) is 34.7 Å². The van der Waals surface area contributed by atoms with Gasteiger partial charge in [0, 0.05) is 12.1 Å². The maximum atomic E-state index is 12.8. The highest BCUT2D eigenvalue weighted by molar-refractivity contribution is 8.18. The summed E-state index contributed by atoms with van der Waals surface area (Å²) in [6.45, 7) is 6.18. The van der Waals surface area contributed by atoms with Gasteiger partial charge in [0.15, 0.2) is 16.7 Å². The van der Waals surface area contributed by atoms with Crippen molar-refractivity contribution in [3.63, 3.8) is 0 Å². The second-order valence-electron chi connectivity index (χ2n) is 6.11. The first-order valence-corrected chi connectivity index (χ1v) is 9.75. The number of carbonyl (C=O) groups is 1. The molecule has 0 saturated carbocycles. The highest BCUT2D eigenvalue weighted by Crippen LogP contribution is 2.37. The molecule has 6 heteroatoms. The lowest BCUT2D eigenvalue weighted by Gasteiger charge is -2.12. The van der Waals surface area contributed by atoms with Gasteiger partial charge in [-0.2, -0.15) is 0 Å². The number of phenols is 1. The van der Waals surface area contributed by atoms with Crippen molar-refractivity contribution < 1.29 is 14.6 Å². The zero-order valence-electron chi connectivity index (χ0n) is 15.9. The Morgan fingerprint density at radius 1 is 1.29 bits per heavy atom. The molecule has 0 radical (unpaired) electrons. The Labute approximate surface area is 169 Å². The van der Waals surface area contributed by atoms with Crippen LogP contribution in [0.3, 0.4) is 0 Å². The summed E-state index contributed by atoms with van der Waals surface area (Å²) in [6.07, 6.45) is 4.02. The SMILES string of the molecule is C=CCc1cc(C=C2SC(=Nc3ccccc3)N(CC)C2=O)cc(OC)c1O. The molecule has 1 aliphatic rings. The summed E-state index contributed by atoms with van der Waals surface area (Å²) in [7, 11) is 1.50. The Balaban J connectivity index is 1.98. The minimum atomic E-state index is -0.0838. The molecule has 5 nitrogen and oxygen atoms in total. The number of rotatable bonds is 6. The molecule has 0 bridgehead atoms. The molecule has 0 aliphatic carbocycles. The van der Waals surface area contributed by atoms with Gasteiger partial charge >= 0.3 is 0 Å². The van der Waals surface area contributed by atoms with Gasteiger partial charge in [-0.05, 0) is 61.0 Å². The second kappa shape index (κ2) is 8.80. The number of amidine groups is 1. The van der Waals surface area contributed by atoms with Crippen molar-refractivity contribution in [2.45, 2.75) is 13.3 Å². The number of para-hydroxylation sites is 1. The molecule has 1 saturated heterocycles. The van der Waals surface area contributed by atoms with Crippen LogP contribution < -0.4 is 4.74 Å². The number of hydrogen-bond acceptors (Lipinski definition) is 5. The fourth-order valence-corrected chi connectivity index (χ4v) is 3.94. The van der Waals surface area contributed by atoms with Gasteiger partial charge in [0.1, 0.15) is 0 Å². The number of aromatic hydroxyl groups is 1. The number of phenolic OH excluding ortho intramolecular Hbond substituents is 1. The molecule has 0 unspecified atom stereocenters. The van der Waals surface area contributed by atoms with Crippen molar-refractivity contribution in [2.75, 3.05) is 13.7 Å². The summed E-state index contributed by atoms with van der Waals surface area (Å²) in [5, 5.41) is 10.9. The largest absolute Gasteiger partial charge is 0.504 e. The number of likely N-dealkylation sites (N-methyl/N-ethyl adjacent to an activating group) is 1. The minimum absolute atomic E-state index is 0.0838. The summed E-state index contributed by atoms with van der Waals surface area (Å²) >= 11 is 1.34. The number of nitrogens with zero attached hydrogens (tertiary/aromatic N) is 2. The van der Waals surface area contributed by atoms with Crippen LogP contribution in [0.1, 0.15) is 18.1 Å². The predicted molar refractivity (Wildman–Crippen MR) is 115 cm³/mol. The van der Waals surface area contributed by atoms with E-state index >= 15 is 0 Å². The van der Waals surface area contributed by atoms with Crippen LogP contribution >= 0.6 is 11.8 Å². The van der Waals surface area contributed by atoms with Crippen LogP contribution in [-0.2, 0) is 11.2 Å². The van der Waals surface area contributed by atoms with Gasteiger partial charge in [-0.15, -0.1) is 6.58 Å². The molecule has 2 aromatic carbocycles. The molecule has 1 amide bonds. The number of hydrogen-bond donors (Lipinski definition) is 1. The van der Waals surface area contributed by atoms with Gasteiger partial charge in [-0.3, -0.25) is 9.69 Å². The molecule has 0 aromatic heterocycles. The van der Waals surface area contributed by atoms with E-state index in [1.807, 2.05) is 43.3 Å². The number of amides is 1. The molecule has 1 heterocycles. The Hall–Kier alpha value is -2.99. The van der Waals surface area contributed by atoms with Crippen molar-refractivity contribution in [3.05, 3.63) is 71.2 Å². The van der Waals surface area contributed by atoms with Gasteiger partial charge < -0.3 is 9.84 Å². The summed E-state index contributed by atoms with van der Waals surface area (Å²) in [4.78, 5) is 19.7. The smallest absolute Gasteiger partial charge is 0.266 e. The minimum Gasteiger partial charge on any atom is -0.504 e. The Morgan fingerprint density at radius 2 is 2.04 bits per heavy atom. The quantitative estimate of drug-likeness (QED) is 0.567. The Kier molecular flexibility index (Phi) is 6.21. The normalized spacial score (nSPS) is 16.8. The lowest BCUT2D eigenvalue weighted by molar-refractivity contribution is -0.122. The Morgan fingerprint density at radius 3 is 2.68 bits per heavy atom. The molecule has 0 spiro atoms. The number of ether oxygens (including phenoxy) is 1. The van der Waals surface area contributed by atoms with E-state index in [2.05, 4.69) is 11.6 Å². The first-order valence-electron chi connectivity index (χ1n) is 8.93. The molecular formula is C22H22N2O3S. The number of aliphatic imine (C=N–C) groups is 1. The number of thioether (sulfide) groups is 1. The van der Waals surface area contributed by atoms with E-state index in [0.29, 0.717) is 34.4 Å². The van der Waals surface area contributed by atoms with Crippen molar-refractivity contribution in [1.82, 2.24) is 4.90 Å². The molecule has 1 aliphatic heterocycles. The monoisotopic (exact) mass is 394 g/mol. The molecule has 144 valence electrons. The molecule has 0 atom stereocenters. The van der Waals surface area contributed by atoms with Crippen LogP contribution in [0.15, 0.2) is 65.0 Å². The van der Waals surface area contributed by atoms with Gasteiger partial charge in [0.05, 0.1) is 17.7 Å². The van der Waals surface area contributed by atoms with E-state index < -0.39 is 0 Å². The third kappa shape index (κ3) is 4.12. The maximum Gasteiger partial charge on any atom is 0.266 e. The van der Waals surface area contributed by atoms with E-state index in [1.54, 1.807) is 23.1 Å². The van der Waals surface area contributed by atoms with E-state index in [1.165, 1.54) is 18.9 Å². The van der Waals surface area contributed by atoms with Crippen LogP contribution in [0.25, 0.3) is 6.08 Å². The van der Waals surface area contributed by atoms with Crippen LogP contribution in [0, 0.1) is 0 Å². The summed E-state index contributed by atoms with van der Waals surface area (Å²) in [6, 6.07) is 13.1. The van der Waals surface area contributed by atoms with Gasteiger partial charge in [-0.25, -0.2) is 4.99 Å². The predicted octanol–water partition coefficient (Wildman–Crippen LogP) is 4.75. The van der Waals surface area contributed by atoms with Gasteiger partial charge in [-0.1, -0.05) is 24.3 Å². The number of methoxy groups -OCH3 is 1. The van der Waals surface area contributed by atoms with Crippen molar-refractivity contribution >= 4 is 34.6 Å². The average Bonchev–Trinajstić information content (AvgIpc) is 2.99. The van der Waals surface area contributed by atoms with Crippen molar-refractivity contribution in [2.24, 2.45) is 4.99 Å². The molecule has 1 N–H and O–H groups in total. The topological polar surface area (TPSA) is 62.1 Å². The fraction of sp³-hybridized carbons (Fsp3) is 0.182. The number of benzene rings is 2. The lowest BCUT2D eigenvalue weighted by atomic mass is 10.1. The molecule has 28 heavy (non-hydrogen) atoms. The summed E-state index contributed by atoms with van der Waals surface area (Å²) in [5.74, 6) is 0.378. The van der Waals surface area contributed by atoms with Crippen molar-refractivity contribution in [1.29, 1.82) is 0 Å². The third-order valence-corrected chi connectivity index (χ3v) is 5.25. The van der Waals surface area contributed by atoms with Gasteiger partial charge in [0.2, 0.25) is 0 Å². The van der Waals surface area contributed by atoms with Crippen LogP contribution in [0.2, 0.25) is 0 Å². The summed E-state index contributed by atoms with van der Waals surface area (Å²) in [5.41, 5.74) is 2.28. The van der Waals surface area contributed by atoms with E-state index in [0.717, 1.165) is 11.3 Å². The molecule has 2 aromatic rings. The first kappa shape index (κ1) is 19.8. The van der Waals surface area contributed by atoms with E-state index in [-0.39, 0.29) is 11.7 Å². The van der Waals surface area contributed by atoms with Crippen LogP contribution in [0.5, 0.6) is 11.5 Å². The fourth-order valence-electron chi connectivity index (χ4n) is 2.87. The molecule has 1 fully saturated rings. The maximum absolute atomic E-state index is 12.8. The second-order valence-corrected chi connectivity index (χ2v) is 7.12. The van der Waals surface area contributed by atoms with Gasteiger partial charge in [0.25, 0.3) is 5.91 Å². The Bertz CT molecular complexity index is 952. The average molecular weight is 394 g/mol. The zero-order chi connectivity index (χ0) is 20.1. The van der Waals surface area contributed by atoms with E-state index in [4.69, 9.17) is 4.74 Å². The first-order chi connectivity index (χ1) is 13.6. The zero-order valence-corrected chi connectivity index (χ0v) is 16.7. The highest BCUT2D eigenvalue weighted by Gasteiger charge is 2.32.